The van der Waals surface area contributed by atoms with Gasteiger partial charge < -0.3 is 4.57 Å². The third kappa shape index (κ3) is 1.81. The van der Waals surface area contributed by atoms with Gasteiger partial charge in [0.05, 0.1) is 15.5 Å². The monoisotopic (exact) mass is 339 g/mol. The smallest absolute Gasteiger partial charge is 0.147 e. The van der Waals surface area contributed by atoms with Crippen molar-refractivity contribution in [1.29, 1.82) is 0 Å². The van der Waals surface area contributed by atoms with Crippen LogP contribution in [-0.4, -0.2) is 4.57 Å². The fraction of sp³-hybridized carbons (Fsp3) is 0. The highest BCUT2D eigenvalue weighted by Crippen LogP contribution is 2.35. The molecule has 0 saturated heterocycles. The second kappa shape index (κ2) is 4.71. The largest absolute Gasteiger partial charge is 0.309 e. The van der Waals surface area contributed by atoms with Crippen LogP contribution in [0.1, 0.15) is 0 Å². The Labute approximate surface area is 129 Å². The molecule has 0 radical (unpaired) electrons. The van der Waals surface area contributed by atoms with Crippen LogP contribution < -0.4 is 0 Å². The van der Waals surface area contributed by atoms with Crippen LogP contribution in [-0.2, 0) is 0 Å². The van der Waals surface area contributed by atoms with Crippen LogP contribution in [0.2, 0.25) is 0 Å². The van der Waals surface area contributed by atoms with E-state index in [0.29, 0.717) is 9.86 Å². The van der Waals surface area contributed by atoms with Gasteiger partial charge in [0, 0.05) is 16.5 Å². The minimum Gasteiger partial charge on any atom is -0.309 e. The fourth-order valence-electron chi connectivity index (χ4n) is 2.85. The van der Waals surface area contributed by atoms with Crippen LogP contribution >= 0.6 is 15.9 Å². The van der Waals surface area contributed by atoms with E-state index in [-0.39, 0.29) is 5.82 Å². The highest BCUT2D eigenvalue weighted by atomic mass is 79.9. The van der Waals surface area contributed by atoms with Gasteiger partial charge in [0.25, 0.3) is 0 Å². The highest BCUT2D eigenvalue weighted by molar-refractivity contribution is 9.10. The molecule has 102 valence electrons. The summed E-state index contributed by atoms with van der Waals surface area (Å²) >= 11 is 3.28. The first-order valence-corrected chi connectivity index (χ1v) is 7.49. The van der Waals surface area contributed by atoms with Gasteiger partial charge in [-0.2, -0.15) is 0 Å². The first kappa shape index (κ1) is 12.6. The number of hydrogen-bond acceptors (Lipinski definition) is 0. The van der Waals surface area contributed by atoms with Crippen molar-refractivity contribution in [1.82, 2.24) is 4.57 Å². The van der Waals surface area contributed by atoms with E-state index in [1.165, 1.54) is 0 Å². The molecule has 21 heavy (non-hydrogen) atoms. The summed E-state index contributed by atoms with van der Waals surface area (Å²) in [5.74, 6) is -0.210. The Kier molecular flexibility index (Phi) is 2.82. The standard InChI is InChI=1S/C18H11BrFN/c19-14-10-11-16-17(18(14)20)13-8-4-5-9-15(13)21(16)12-6-2-1-3-7-12/h1-11H. The average Bonchev–Trinajstić information content (AvgIpc) is 2.87. The fourth-order valence-corrected chi connectivity index (χ4v) is 3.18. The second-order valence-corrected chi connectivity index (χ2v) is 5.80. The van der Waals surface area contributed by atoms with Gasteiger partial charge in [0.15, 0.2) is 0 Å². The number of aromatic nitrogens is 1. The molecule has 0 N–H and O–H groups in total. The summed E-state index contributed by atoms with van der Waals surface area (Å²) in [7, 11) is 0. The summed E-state index contributed by atoms with van der Waals surface area (Å²) in [6.45, 7) is 0. The summed E-state index contributed by atoms with van der Waals surface area (Å²) in [5.41, 5.74) is 2.92. The number of hydrogen-bond donors (Lipinski definition) is 0. The molecular formula is C18H11BrFN. The zero-order valence-corrected chi connectivity index (χ0v) is 12.6. The van der Waals surface area contributed by atoms with E-state index in [9.17, 15) is 4.39 Å². The molecule has 0 amide bonds. The summed E-state index contributed by atoms with van der Waals surface area (Å²) < 4.78 is 17.2. The van der Waals surface area contributed by atoms with Gasteiger partial charge in [0.2, 0.25) is 0 Å². The molecule has 0 aliphatic heterocycles. The summed E-state index contributed by atoms with van der Waals surface area (Å²) in [6.07, 6.45) is 0. The minimum atomic E-state index is -0.210. The van der Waals surface area contributed by atoms with Crippen LogP contribution in [0.3, 0.4) is 0 Å². The molecule has 0 aliphatic rings. The predicted molar refractivity (Wildman–Crippen MR) is 88.4 cm³/mol. The topological polar surface area (TPSA) is 4.93 Å². The van der Waals surface area contributed by atoms with Gasteiger partial charge in [-0.15, -0.1) is 0 Å². The van der Waals surface area contributed by atoms with E-state index >= 15 is 0 Å². The lowest BCUT2D eigenvalue weighted by molar-refractivity contribution is 0.634. The molecule has 3 heteroatoms. The van der Waals surface area contributed by atoms with Crippen LogP contribution in [0.15, 0.2) is 71.2 Å². The maximum atomic E-state index is 14.6. The van der Waals surface area contributed by atoms with Crippen molar-refractivity contribution in [3.05, 3.63) is 77.0 Å². The Morgan fingerprint density at radius 2 is 1.48 bits per heavy atom. The zero-order chi connectivity index (χ0) is 14.4. The number of nitrogens with zero attached hydrogens (tertiary/aromatic N) is 1. The zero-order valence-electron chi connectivity index (χ0n) is 11.1. The Morgan fingerprint density at radius 1 is 0.762 bits per heavy atom. The molecule has 1 aromatic heterocycles. The molecule has 1 heterocycles. The Hall–Kier alpha value is -2.13. The van der Waals surface area contributed by atoms with Crippen LogP contribution in [0, 0.1) is 5.82 Å². The summed E-state index contributed by atoms with van der Waals surface area (Å²) in [6, 6.07) is 21.7. The van der Waals surface area contributed by atoms with E-state index in [2.05, 4.69) is 20.5 Å². The summed E-state index contributed by atoms with van der Waals surface area (Å²) in [4.78, 5) is 0. The third-order valence-corrected chi connectivity index (χ3v) is 4.35. The van der Waals surface area contributed by atoms with E-state index in [1.54, 1.807) is 6.07 Å². The molecular weight excluding hydrogens is 329 g/mol. The highest BCUT2D eigenvalue weighted by Gasteiger charge is 2.16. The third-order valence-electron chi connectivity index (χ3n) is 3.74. The van der Waals surface area contributed by atoms with Crippen molar-refractivity contribution in [2.75, 3.05) is 0 Å². The molecule has 0 bridgehead atoms. The van der Waals surface area contributed by atoms with Crippen molar-refractivity contribution < 1.29 is 4.39 Å². The Bertz CT molecular complexity index is 957. The molecule has 1 nitrogen and oxygen atoms in total. The molecule has 0 atom stereocenters. The van der Waals surface area contributed by atoms with Crippen molar-refractivity contribution in [3.8, 4) is 5.69 Å². The second-order valence-electron chi connectivity index (χ2n) is 4.94. The molecule has 4 aromatic rings. The van der Waals surface area contributed by atoms with Crippen LogP contribution in [0.5, 0.6) is 0 Å². The predicted octanol–water partition coefficient (Wildman–Crippen LogP) is 5.69. The van der Waals surface area contributed by atoms with E-state index < -0.39 is 0 Å². The molecule has 0 aliphatic carbocycles. The molecule has 4 rings (SSSR count). The van der Waals surface area contributed by atoms with Gasteiger partial charge in [0.1, 0.15) is 5.82 Å². The maximum absolute atomic E-state index is 14.6. The molecule has 0 saturated carbocycles. The maximum Gasteiger partial charge on any atom is 0.147 e. The van der Waals surface area contributed by atoms with E-state index in [0.717, 1.165) is 22.1 Å². The van der Waals surface area contributed by atoms with E-state index in [1.807, 2.05) is 60.7 Å². The van der Waals surface area contributed by atoms with Gasteiger partial charge in [-0.1, -0.05) is 36.4 Å². The normalized spacial score (nSPS) is 11.3. The lowest BCUT2D eigenvalue weighted by Gasteiger charge is -2.07. The number of rotatable bonds is 1. The molecule has 0 spiro atoms. The van der Waals surface area contributed by atoms with Gasteiger partial charge in [-0.25, -0.2) is 4.39 Å². The molecule has 0 fully saturated rings. The minimum absolute atomic E-state index is 0.210. The van der Waals surface area contributed by atoms with Gasteiger partial charge >= 0.3 is 0 Å². The van der Waals surface area contributed by atoms with Crippen molar-refractivity contribution in [2.45, 2.75) is 0 Å². The van der Waals surface area contributed by atoms with Crippen molar-refractivity contribution >= 4 is 37.7 Å². The number of halogens is 2. The SMILES string of the molecule is Fc1c(Br)ccc2c1c1ccccc1n2-c1ccccc1. The number of benzene rings is 3. The van der Waals surface area contributed by atoms with Gasteiger partial charge in [-0.05, 0) is 46.3 Å². The van der Waals surface area contributed by atoms with Crippen molar-refractivity contribution in [2.24, 2.45) is 0 Å². The first-order chi connectivity index (χ1) is 10.3. The molecule has 0 unspecified atom stereocenters. The van der Waals surface area contributed by atoms with Crippen LogP contribution in [0.4, 0.5) is 4.39 Å². The molecule has 3 aromatic carbocycles. The van der Waals surface area contributed by atoms with Crippen LogP contribution in [0.25, 0.3) is 27.5 Å². The lowest BCUT2D eigenvalue weighted by Crippen LogP contribution is -1.93. The van der Waals surface area contributed by atoms with Crippen molar-refractivity contribution in [3.63, 3.8) is 0 Å². The Morgan fingerprint density at radius 3 is 2.29 bits per heavy atom. The van der Waals surface area contributed by atoms with E-state index in [4.69, 9.17) is 0 Å². The Balaban J connectivity index is 2.26. The quantitative estimate of drug-likeness (QED) is 0.420. The lowest BCUT2D eigenvalue weighted by atomic mass is 10.1. The number of fused-ring (bicyclic) bond motifs is 3. The number of para-hydroxylation sites is 2. The first-order valence-electron chi connectivity index (χ1n) is 6.70. The summed E-state index contributed by atoms with van der Waals surface area (Å²) in [5, 5.41) is 1.58. The van der Waals surface area contributed by atoms with Gasteiger partial charge in [-0.3, -0.25) is 0 Å². The average molecular weight is 340 g/mol.